The van der Waals surface area contributed by atoms with E-state index in [2.05, 4.69) is 42.5 Å². The molecule has 0 aromatic heterocycles. The third kappa shape index (κ3) is 22.4. The van der Waals surface area contributed by atoms with Crippen LogP contribution in [-0.4, -0.2) is 0 Å². The molecule has 0 saturated carbocycles. The summed E-state index contributed by atoms with van der Waals surface area (Å²) in [5.41, 5.74) is 0. The van der Waals surface area contributed by atoms with Crippen molar-refractivity contribution in [2.24, 2.45) is 0 Å². The van der Waals surface area contributed by atoms with Crippen LogP contribution in [0.25, 0.3) is 0 Å². The summed E-state index contributed by atoms with van der Waals surface area (Å²) < 4.78 is 0. The van der Waals surface area contributed by atoms with Crippen LogP contribution in [0.1, 0.15) is 0 Å². The first kappa shape index (κ1) is 7.24. The van der Waals surface area contributed by atoms with Crippen molar-refractivity contribution in [2.45, 2.75) is 0 Å². The first-order valence-corrected chi connectivity index (χ1v) is 9.66. The minimum atomic E-state index is -1.47. The maximum atomic E-state index is 5.39. The zero-order chi connectivity index (χ0) is 4.50. The molecule has 0 fully saturated rings. The van der Waals surface area contributed by atoms with Crippen molar-refractivity contribution < 1.29 is 6.35 Å². The average Bonchev–Trinajstić information content (AvgIpc) is 0.722. The second-order valence-electron chi connectivity index (χ2n) is 0.286. The van der Waals surface area contributed by atoms with Crippen molar-refractivity contribution in [1.29, 1.82) is 0 Å². The predicted octanol–water partition coefficient (Wildman–Crippen LogP) is 3.22. The normalized spacial score (nSPS) is 15.2. The van der Waals surface area contributed by atoms with Crippen molar-refractivity contribution in [3.63, 3.8) is 0 Å². The number of hydrogen-bond donors (Lipinski definition) is 0. The Hall–Kier alpha value is 2.24. The van der Waals surface area contributed by atoms with E-state index in [-0.39, 0.29) is 0 Å². The van der Waals surface area contributed by atoms with Crippen LogP contribution < -0.4 is 0 Å². The molecule has 0 amide bonds. The van der Waals surface area contributed by atoms with E-state index < -0.39 is 6.35 Å². The molecule has 39 valence electrons. The van der Waals surface area contributed by atoms with Crippen LogP contribution in [0.3, 0.4) is 0 Å². The molecule has 0 unspecified atom stereocenters. The summed E-state index contributed by atoms with van der Waals surface area (Å²) in [6.07, 6.45) is -1.47. The quantitative estimate of drug-likeness (QED) is 0.638. The summed E-state index contributed by atoms with van der Waals surface area (Å²) in [7, 11) is 5.39. The van der Waals surface area contributed by atoms with Crippen molar-refractivity contribution in [2.75, 3.05) is 0 Å². The van der Waals surface area contributed by atoms with Crippen LogP contribution in [0.15, 0.2) is 0 Å². The van der Waals surface area contributed by atoms with Crippen molar-refractivity contribution in [3.8, 4) is 0 Å². The molecule has 0 aliphatic carbocycles. The Morgan fingerprint density at radius 3 is 1.20 bits per heavy atom. The summed E-state index contributed by atoms with van der Waals surface area (Å²) in [4.78, 5) is 0. The van der Waals surface area contributed by atoms with E-state index in [0.29, 0.717) is 0 Å². The number of rotatable bonds is 0. The van der Waals surface area contributed by atoms with Gasteiger partial charge in [-0.15, -0.1) is 0 Å². The van der Waals surface area contributed by atoms with Crippen molar-refractivity contribution in [3.05, 3.63) is 0 Å². The first-order chi connectivity index (χ1) is 2.00. The summed E-state index contributed by atoms with van der Waals surface area (Å²) in [6.45, 7) is 0. The van der Waals surface area contributed by atoms with Gasteiger partial charge >= 0.3 is 59.0 Å². The van der Waals surface area contributed by atoms with E-state index in [1.165, 1.54) is 0 Å². The predicted molar refractivity (Wildman–Crippen MR) is 32.6 cm³/mol. The van der Waals surface area contributed by atoms with Crippen LogP contribution in [0, 0.1) is 0 Å². The van der Waals surface area contributed by atoms with E-state index >= 15 is 0 Å². The van der Waals surface area contributed by atoms with Gasteiger partial charge in [0.15, 0.2) is 0 Å². The molecule has 0 aliphatic heterocycles. The van der Waals surface area contributed by atoms with Crippen LogP contribution >= 0.6 is 52.7 Å². The van der Waals surface area contributed by atoms with E-state index in [1.54, 1.807) is 0 Å². The molecule has 0 aliphatic rings. The first-order valence-electron chi connectivity index (χ1n) is 0.504. The van der Waals surface area contributed by atoms with Crippen molar-refractivity contribution in [1.82, 2.24) is 0 Å². The van der Waals surface area contributed by atoms with E-state index in [4.69, 9.17) is 10.1 Å². The Balaban J connectivity index is 3.02. The average molecular weight is 334 g/mol. The van der Waals surface area contributed by atoms with Gasteiger partial charge in [0.1, 0.15) is 0 Å². The van der Waals surface area contributed by atoms with Crippen LogP contribution in [0.5, 0.6) is 0 Å². The SMILES string of the molecule is [Cl][Co-2]([Br])([Br])[Br]. The van der Waals surface area contributed by atoms with Gasteiger partial charge in [-0.05, 0) is 0 Å². The van der Waals surface area contributed by atoms with E-state index in [1.807, 2.05) is 0 Å². The van der Waals surface area contributed by atoms with Gasteiger partial charge in [0.25, 0.3) is 0 Å². The fourth-order valence-corrected chi connectivity index (χ4v) is 0. The minimum absolute atomic E-state index is 1.47. The summed E-state index contributed by atoms with van der Waals surface area (Å²) in [5, 5.41) is 0. The van der Waals surface area contributed by atoms with Gasteiger partial charge in [0, 0.05) is 0 Å². The molecule has 0 radical (unpaired) electrons. The fourth-order valence-electron chi connectivity index (χ4n) is 0. The van der Waals surface area contributed by atoms with Gasteiger partial charge in [-0.3, -0.25) is 0 Å². The molecular weight excluding hydrogens is 334 g/mol. The van der Waals surface area contributed by atoms with Gasteiger partial charge in [-0.1, -0.05) is 0 Å². The number of hydrogen-bond acceptors (Lipinski definition) is 0. The van der Waals surface area contributed by atoms with Gasteiger partial charge in [-0.25, -0.2) is 0 Å². The Morgan fingerprint density at radius 1 is 1.20 bits per heavy atom. The molecule has 5 heavy (non-hydrogen) atoms. The Kier molecular flexibility index (Phi) is 3.65. The van der Waals surface area contributed by atoms with Gasteiger partial charge in [0.2, 0.25) is 0 Å². The Labute approximate surface area is 58.2 Å². The van der Waals surface area contributed by atoms with Crippen molar-refractivity contribution >= 4 is 52.7 Å². The van der Waals surface area contributed by atoms with E-state index in [9.17, 15) is 0 Å². The standard InChI is InChI=1S/3BrH.ClH.Co/h4*1H;/q;;;;+2/p-4. The van der Waals surface area contributed by atoms with Gasteiger partial charge < -0.3 is 0 Å². The van der Waals surface area contributed by atoms with E-state index in [0.717, 1.165) is 0 Å². The number of halogens is 4. The topological polar surface area (TPSA) is 0 Å². The molecule has 0 spiro atoms. The summed E-state index contributed by atoms with van der Waals surface area (Å²) in [5.74, 6) is 0. The fraction of sp³-hybridized carbons (Fsp3) is 0. The Bertz CT molecular complexity index is 22.4. The zero-order valence-electron chi connectivity index (χ0n) is 1.85. The van der Waals surface area contributed by atoms with Crippen LogP contribution in [0.2, 0.25) is 0 Å². The molecule has 0 aromatic rings. The molecule has 0 heterocycles. The van der Waals surface area contributed by atoms with Gasteiger partial charge in [-0.2, -0.15) is 0 Å². The van der Waals surface area contributed by atoms with Crippen LogP contribution in [0.4, 0.5) is 0 Å². The molecule has 0 bridgehead atoms. The second kappa shape index (κ2) is 2.52. The second-order valence-corrected chi connectivity index (χ2v) is 25.1. The molecule has 0 saturated heterocycles. The van der Waals surface area contributed by atoms with Crippen LogP contribution in [-0.2, 0) is 6.35 Å². The Morgan fingerprint density at radius 2 is 1.20 bits per heavy atom. The molecule has 0 atom stereocenters. The zero-order valence-corrected chi connectivity index (χ0v) is 8.40. The summed E-state index contributed by atoms with van der Waals surface area (Å²) >= 11 is 9.25. The molecule has 5 heteroatoms. The molecular formula is Br3ClCo-2. The van der Waals surface area contributed by atoms with Gasteiger partial charge in [0.05, 0.1) is 0 Å². The third-order valence-electron chi connectivity index (χ3n) is 0. The molecule has 0 N–H and O–H groups in total. The summed E-state index contributed by atoms with van der Waals surface area (Å²) in [6, 6.07) is 0. The third-order valence-corrected chi connectivity index (χ3v) is 0. The monoisotopic (exact) mass is 331 g/mol. The molecule has 0 nitrogen and oxygen atoms in total. The maximum absolute atomic E-state index is 5.39. The molecule has 0 aromatic carbocycles. The molecule has 0 rings (SSSR count).